The van der Waals surface area contributed by atoms with Gasteiger partial charge in [0, 0.05) is 0 Å². The van der Waals surface area contributed by atoms with Crippen LogP contribution in [-0.4, -0.2) is 27.7 Å². The third-order valence-electron chi connectivity index (χ3n) is 0.0913. The Bertz CT molecular complexity index is 20.0. The summed E-state index contributed by atoms with van der Waals surface area (Å²) in [6.07, 6.45) is 0. The average molecular weight is 251 g/mol. The van der Waals surface area contributed by atoms with Crippen LogP contribution < -0.4 is 0 Å². The Morgan fingerprint density at radius 2 is 2.25 bits per heavy atom. The third kappa shape index (κ3) is 2.62. The quantitative estimate of drug-likeness (QED) is 0.637. The molecule has 2 radical (unpaired) electrons. The van der Waals surface area contributed by atoms with E-state index in [0.717, 1.165) is 0 Å². The van der Waals surface area contributed by atoms with E-state index in [1.165, 1.54) is 0 Å². The fourth-order valence-corrected chi connectivity index (χ4v) is 0. The van der Waals surface area contributed by atoms with E-state index in [0.29, 0.717) is 0 Å². The van der Waals surface area contributed by atoms with Gasteiger partial charge in [-0.1, -0.05) is 0 Å². The van der Waals surface area contributed by atoms with Crippen molar-refractivity contribution in [3.8, 4) is 0 Å². The second-order valence-corrected chi connectivity index (χ2v) is 2.92. The molecule has 0 aromatic heterocycles. The molecular formula is C2H4OPb. The topological polar surface area (TPSA) is 20.2 Å². The molecule has 0 aliphatic heterocycles. The van der Waals surface area contributed by atoms with E-state index >= 15 is 0 Å². The second-order valence-electron chi connectivity index (χ2n) is 0.333. The van der Waals surface area contributed by atoms with Crippen molar-refractivity contribution in [3.63, 3.8) is 0 Å². The predicted octanol–water partition coefficient (Wildman–Crippen LogP) is -0.259. The van der Waals surface area contributed by atoms with Crippen LogP contribution in [0.4, 0.5) is 0 Å². The summed E-state index contributed by atoms with van der Waals surface area (Å²) in [5.41, 5.74) is 0. The summed E-state index contributed by atoms with van der Waals surface area (Å²) in [6, 6.07) is 0. The van der Waals surface area contributed by atoms with Gasteiger partial charge in [-0.15, -0.1) is 0 Å². The Kier molecular flexibility index (Phi) is 4.19. The van der Waals surface area contributed by atoms with Crippen LogP contribution in [0.3, 0.4) is 0 Å². The molecule has 1 N–H and O–H groups in total. The second kappa shape index (κ2) is 3.62. The van der Waals surface area contributed by atoms with Gasteiger partial charge >= 0.3 is 38.0 Å². The molecule has 0 atom stereocenters. The predicted molar refractivity (Wildman–Crippen MR) is 18.2 cm³/mol. The molecule has 1 nitrogen and oxygen atoms in total. The normalized spacial score (nSPS) is 6.25. The summed E-state index contributed by atoms with van der Waals surface area (Å²) in [7, 11) is 0. The van der Waals surface area contributed by atoms with Gasteiger partial charge in [-0.25, -0.2) is 0 Å². The third-order valence-corrected chi connectivity index (χ3v) is 0.801. The maximum absolute atomic E-state index is 7.95. The van der Waals surface area contributed by atoms with Gasteiger partial charge in [-0.3, -0.25) is 0 Å². The van der Waals surface area contributed by atoms with Crippen LogP contribution in [0.2, 0.25) is 0 Å². The molecule has 0 heterocycles. The molecule has 0 amide bonds. The van der Waals surface area contributed by atoms with Crippen molar-refractivity contribution in [3.05, 3.63) is 10.2 Å². The van der Waals surface area contributed by atoms with Gasteiger partial charge < -0.3 is 0 Å². The number of hydrogen-bond donors (Lipinski definition) is 1. The van der Waals surface area contributed by atoms with E-state index in [-0.39, 0.29) is 0 Å². The monoisotopic (exact) mass is 252 g/mol. The van der Waals surface area contributed by atoms with Gasteiger partial charge in [0.2, 0.25) is 0 Å². The Morgan fingerprint density at radius 3 is 2.25 bits per heavy atom. The minimum absolute atomic E-state index is 1.17. The number of hydrogen-bond acceptors (Lipinski definition) is 1. The molecule has 0 aromatic carbocycles. The molecule has 22 valence electrons. The summed E-state index contributed by atoms with van der Waals surface area (Å²) >= 11 is -1.17. The van der Waals surface area contributed by atoms with E-state index in [1.807, 2.05) is 0 Å². The van der Waals surface area contributed by atoms with Gasteiger partial charge in [0.1, 0.15) is 0 Å². The fourth-order valence-electron chi connectivity index (χ4n) is 0. The zero-order valence-corrected chi connectivity index (χ0v) is 6.12. The van der Waals surface area contributed by atoms with Crippen molar-refractivity contribution >= 4 is 24.7 Å². The van der Waals surface area contributed by atoms with Crippen LogP contribution in [0.15, 0.2) is 10.2 Å². The molecule has 0 aliphatic carbocycles. The van der Waals surface area contributed by atoms with Crippen LogP contribution in [0.1, 0.15) is 0 Å². The molecule has 0 bridgehead atoms. The maximum atomic E-state index is 7.95. The van der Waals surface area contributed by atoms with Crippen molar-refractivity contribution in [2.45, 2.75) is 0 Å². The minimum atomic E-state index is -1.17. The van der Waals surface area contributed by atoms with Gasteiger partial charge in [0.15, 0.2) is 0 Å². The van der Waals surface area contributed by atoms with E-state index in [1.54, 1.807) is 3.64 Å². The summed E-state index contributed by atoms with van der Waals surface area (Å²) < 4.78 is 9.58. The van der Waals surface area contributed by atoms with Crippen LogP contribution in [0, 0.1) is 0 Å². The zero-order valence-electron chi connectivity index (χ0n) is 2.23. The molecule has 0 spiro atoms. The Balaban J connectivity index is 2.30. The first-order valence-corrected chi connectivity index (χ1v) is 4.90. The van der Waals surface area contributed by atoms with Crippen molar-refractivity contribution < 1.29 is 3.06 Å². The molecule has 4 heavy (non-hydrogen) atoms. The molecule has 0 saturated carbocycles. The van der Waals surface area contributed by atoms with Crippen LogP contribution in [0.25, 0.3) is 0 Å². The Labute approximate surface area is 38.2 Å². The molecule has 0 aromatic rings. The molecule has 0 saturated heterocycles. The van der Waals surface area contributed by atoms with Gasteiger partial charge in [-0.05, 0) is 0 Å². The summed E-state index contributed by atoms with van der Waals surface area (Å²) in [5.74, 6) is 0. The summed E-state index contributed by atoms with van der Waals surface area (Å²) in [5, 5.41) is 0. The molecule has 0 unspecified atom stereocenters. The van der Waals surface area contributed by atoms with E-state index < -0.39 is 24.7 Å². The van der Waals surface area contributed by atoms with E-state index in [9.17, 15) is 0 Å². The van der Waals surface area contributed by atoms with Crippen LogP contribution in [0.5, 0.6) is 0 Å². The van der Waals surface area contributed by atoms with Crippen molar-refractivity contribution in [2.75, 3.05) is 0 Å². The van der Waals surface area contributed by atoms with Crippen molar-refractivity contribution in [2.24, 2.45) is 0 Å². The zero-order chi connectivity index (χ0) is 3.41. The standard InChI is InChI=1S/C2H3.H2O.Pb/c1-2;;/h1H,2H2;1H2;/q;;+1/p-1. The molecule has 0 aliphatic rings. The Morgan fingerprint density at radius 1 is 2.00 bits per heavy atom. The molecule has 2 heteroatoms. The molecular weight excluding hydrogens is 247 g/mol. The first-order chi connectivity index (χ1) is 1.91. The molecule has 0 fully saturated rings. The van der Waals surface area contributed by atoms with E-state index in [4.69, 9.17) is 3.06 Å². The van der Waals surface area contributed by atoms with Gasteiger partial charge in [0.05, 0.1) is 0 Å². The first-order valence-electron chi connectivity index (χ1n) is 0.921. The first kappa shape index (κ1) is 4.62. The van der Waals surface area contributed by atoms with Crippen molar-refractivity contribution in [1.29, 1.82) is 0 Å². The van der Waals surface area contributed by atoms with Crippen molar-refractivity contribution in [1.82, 2.24) is 0 Å². The van der Waals surface area contributed by atoms with E-state index in [2.05, 4.69) is 6.58 Å². The average Bonchev–Trinajstić information content (AvgIpc) is 1.37. The summed E-state index contributed by atoms with van der Waals surface area (Å²) in [6.45, 7) is 3.32. The van der Waals surface area contributed by atoms with Crippen LogP contribution in [-0.2, 0) is 0 Å². The molecule has 0 rings (SSSR count). The summed E-state index contributed by atoms with van der Waals surface area (Å²) in [4.78, 5) is 0. The number of rotatable bonds is 1. The SMILES string of the molecule is C=[CH][Pb][OH]. The van der Waals surface area contributed by atoms with Crippen LogP contribution >= 0.6 is 0 Å². The fraction of sp³-hybridized carbons (Fsp3) is 0. The van der Waals surface area contributed by atoms with Gasteiger partial charge in [0.25, 0.3) is 0 Å². The Hall–Kier alpha value is 0.622. The van der Waals surface area contributed by atoms with Gasteiger partial charge in [-0.2, -0.15) is 0 Å².